The van der Waals surface area contributed by atoms with Gasteiger partial charge in [0.2, 0.25) is 15.3 Å². The Morgan fingerprint density at radius 3 is 2.81 bits per heavy atom. The number of carbonyl (C=O) groups is 1. The van der Waals surface area contributed by atoms with Crippen LogP contribution in [0.3, 0.4) is 0 Å². The minimum Gasteiger partial charge on any atom is -0.488 e. The fourth-order valence-electron chi connectivity index (χ4n) is 5.46. The highest BCUT2D eigenvalue weighted by Gasteiger charge is 2.37. The van der Waals surface area contributed by atoms with Gasteiger partial charge in [0.05, 0.1) is 42.4 Å². The molecular formula is C30H27F2N5O5S. The Hall–Kier alpha value is -4.23. The molecule has 1 N–H and O–H groups in total. The molecule has 3 atom stereocenters. The average molecular weight is 608 g/mol. The van der Waals surface area contributed by atoms with E-state index in [1.54, 1.807) is 12.3 Å². The van der Waals surface area contributed by atoms with E-state index in [4.69, 9.17) is 19.4 Å². The van der Waals surface area contributed by atoms with Crippen LogP contribution in [0.5, 0.6) is 5.75 Å². The SMILES string of the molecule is C[C@H]1C[C@@H]1c1ccc2c(n1)N(c1ccc3cnc(CNC(=O)c4cc(F)c5c(c4)S(=O)(=O)[C@@H](F)COC5)cc3n1)CCO2. The van der Waals surface area contributed by atoms with E-state index >= 15 is 0 Å². The van der Waals surface area contributed by atoms with Crippen LogP contribution in [-0.2, 0) is 27.7 Å². The molecule has 1 amide bonds. The first-order chi connectivity index (χ1) is 20.7. The number of nitrogens with zero attached hydrogens (tertiary/aromatic N) is 4. The number of hydrogen-bond donors (Lipinski definition) is 1. The summed E-state index contributed by atoms with van der Waals surface area (Å²) < 4.78 is 64.8. The van der Waals surface area contributed by atoms with Crippen LogP contribution in [0, 0.1) is 11.7 Å². The van der Waals surface area contributed by atoms with E-state index in [0.717, 1.165) is 35.5 Å². The number of nitrogens with one attached hydrogen (secondary N) is 1. The first kappa shape index (κ1) is 27.6. The van der Waals surface area contributed by atoms with Gasteiger partial charge < -0.3 is 19.7 Å². The Bertz CT molecular complexity index is 1890. The van der Waals surface area contributed by atoms with Crippen molar-refractivity contribution in [3.63, 3.8) is 0 Å². The molecule has 3 aromatic heterocycles. The normalized spacial score (nSPS) is 22.2. The summed E-state index contributed by atoms with van der Waals surface area (Å²) in [6.07, 6.45) is 2.77. The summed E-state index contributed by atoms with van der Waals surface area (Å²) in [6.45, 7) is 2.13. The number of halogens is 2. The summed E-state index contributed by atoms with van der Waals surface area (Å²) in [6, 6.07) is 11.4. The van der Waals surface area contributed by atoms with Gasteiger partial charge in [0.15, 0.2) is 11.6 Å². The lowest BCUT2D eigenvalue weighted by atomic mass is 10.1. The number of sulfone groups is 1. The third-order valence-corrected chi connectivity index (χ3v) is 9.84. The van der Waals surface area contributed by atoms with Crippen LogP contribution in [-0.4, -0.2) is 54.5 Å². The number of rotatable bonds is 5. The van der Waals surface area contributed by atoms with E-state index < -0.39 is 45.2 Å². The number of aromatic nitrogens is 3. The van der Waals surface area contributed by atoms with Gasteiger partial charge in [0.25, 0.3) is 5.91 Å². The van der Waals surface area contributed by atoms with Crippen LogP contribution in [0.1, 0.15) is 46.6 Å². The highest BCUT2D eigenvalue weighted by Crippen LogP contribution is 2.48. The summed E-state index contributed by atoms with van der Waals surface area (Å²) in [7, 11) is -4.51. The predicted molar refractivity (Wildman–Crippen MR) is 152 cm³/mol. The molecule has 13 heteroatoms. The zero-order valence-electron chi connectivity index (χ0n) is 23.1. The highest BCUT2D eigenvalue weighted by molar-refractivity contribution is 7.92. The Labute approximate surface area is 246 Å². The van der Waals surface area contributed by atoms with Crippen LogP contribution < -0.4 is 15.0 Å². The topological polar surface area (TPSA) is 124 Å². The van der Waals surface area contributed by atoms with Crippen LogP contribution in [0.4, 0.5) is 20.4 Å². The summed E-state index contributed by atoms with van der Waals surface area (Å²) in [5.41, 5.74) is -0.727. The van der Waals surface area contributed by atoms with Gasteiger partial charge in [-0.3, -0.25) is 9.78 Å². The van der Waals surface area contributed by atoms with Gasteiger partial charge in [-0.25, -0.2) is 27.2 Å². The van der Waals surface area contributed by atoms with Crippen molar-refractivity contribution in [3.8, 4) is 5.75 Å². The number of carbonyl (C=O) groups excluding carboxylic acids is 1. The molecule has 3 aliphatic rings. The van der Waals surface area contributed by atoms with E-state index in [9.17, 15) is 22.0 Å². The van der Waals surface area contributed by atoms with Gasteiger partial charge >= 0.3 is 0 Å². The quantitative estimate of drug-likeness (QED) is 0.353. The first-order valence-corrected chi connectivity index (χ1v) is 15.5. The molecule has 0 unspecified atom stereocenters. The summed E-state index contributed by atoms with van der Waals surface area (Å²) in [4.78, 5) is 28.5. The van der Waals surface area contributed by atoms with Crippen molar-refractivity contribution in [3.05, 3.63) is 77.0 Å². The summed E-state index contributed by atoms with van der Waals surface area (Å²) >= 11 is 0. The van der Waals surface area contributed by atoms with Crippen molar-refractivity contribution in [2.45, 2.75) is 42.8 Å². The Morgan fingerprint density at radius 2 is 2.00 bits per heavy atom. The third-order valence-electron chi connectivity index (χ3n) is 8.06. The molecule has 0 radical (unpaired) electrons. The number of hydrogen-bond acceptors (Lipinski definition) is 9. The van der Waals surface area contributed by atoms with Gasteiger partial charge in [-0.2, -0.15) is 0 Å². The van der Waals surface area contributed by atoms with Crippen LogP contribution in [0.25, 0.3) is 10.9 Å². The second kappa shape index (κ2) is 10.5. The van der Waals surface area contributed by atoms with E-state index in [0.29, 0.717) is 47.8 Å². The second-order valence-electron chi connectivity index (χ2n) is 11.0. The lowest BCUT2D eigenvalue weighted by molar-refractivity contribution is 0.0938. The maximum atomic E-state index is 14.8. The van der Waals surface area contributed by atoms with Crippen molar-refractivity contribution in [1.82, 2.24) is 20.3 Å². The number of ether oxygens (including phenoxy) is 2. The molecular weight excluding hydrogens is 580 g/mol. The third kappa shape index (κ3) is 5.06. The molecule has 5 heterocycles. The number of pyridine rings is 3. The van der Waals surface area contributed by atoms with Gasteiger partial charge in [-0.1, -0.05) is 6.92 Å². The predicted octanol–water partition coefficient (Wildman–Crippen LogP) is 4.35. The molecule has 0 spiro atoms. The van der Waals surface area contributed by atoms with E-state index in [1.165, 1.54) is 0 Å². The molecule has 1 fully saturated rings. The summed E-state index contributed by atoms with van der Waals surface area (Å²) in [5, 5.41) is 3.43. The molecule has 4 aromatic rings. The number of fused-ring (bicyclic) bond motifs is 3. The summed E-state index contributed by atoms with van der Waals surface area (Å²) in [5.74, 6) is 1.52. The van der Waals surface area contributed by atoms with Crippen molar-refractivity contribution in [1.29, 1.82) is 0 Å². The van der Waals surface area contributed by atoms with Gasteiger partial charge in [0, 0.05) is 34.3 Å². The maximum absolute atomic E-state index is 14.8. The van der Waals surface area contributed by atoms with Crippen LogP contribution in [0.2, 0.25) is 0 Å². The zero-order chi connectivity index (χ0) is 29.9. The lowest BCUT2D eigenvalue weighted by Crippen LogP contribution is -2.30. The van der Waals surface area contributed by atoms with Gasteiger partial charge in [-0.15, -0.1) is 0 Å². The molecule has 0 saturated heterocycles. The molecule has 1 aliphatic carbocycles. The highest BCUT2D eigenvalue weighted by atomic mass is 32.2. The molecule has 222 valence electrons. The number of alkyl halides is 1. The number of anilines is 2. The minimum absolute atomic E-state index is 0.0359. The Morgan fingerprint density at radius 1 is 1.16 bits per heavy atom. The van der Waals surface area contributed by atoms with Crippen molar-refractivity contribution in [2.75, 3.05) is 24.7 Å². The molecule has 1 aromatic carbocycles. The van der Waals surface area contributed by atoms with Crippen molar-refractivity contribution in [2.24, 2.45) is 5.92 Å². The second-order valence-corrected chi connectivity index (χ2v) is 13.0. The molecule has 7 rings (SSSR count). The fraction of sp³-hybridized carbons (Fsp3) is 0.333. The monoisotopic (exact) mass is 607 g/mol. The van der Waals surface area contributed by atoms with Crippen LogP contribution >= 0.6 is 0 Å². The molecule has 43 heavy (non-hydrogen) atoms. The number of benzene rings is 1. The van der Waals surface area contributed by atoms with E-state index in [1.807, 2.05) is 29.2 Å². The average Bonchev–Trinajstić information content (AvgIpc) is 3.76. The standard InChI is InChI=1S/C30H27F2N5O5S/c1-16-8-20(16)23-3-4-25-29(36-23)37(6-7-42-25)28-5-2-17-12-33-19(11-24(17)35-28)13-34-30(38)18-9-22(31)21-14-41-15-27(32)43(39,40)26(21)10-18/h2-5,9-12,16,20,27H,6-8,13-15H2,1H3,(H,34,38)/t16-,20-,27+/m0/s1. The Balaban J connectivity index is 1.12. The Kier molecular flexibility index (Phi) is 6.73. The van der Waals surface area contributed by atoms with Gasteiger partial charge in [0.1, 0.15) is 18.2 Å². The molecule has 10 nitrogen and oxygen atoms in total. The lowest BCUT2D eigenvalue weighted by Gasteiger charge is -2.29. The van der Waals surface area contributed by atoms with Crippen LogP contribution in [0.15, 0.2) is 53.6 Å². The largest absolute Gasteiger partial charge is 0.488 e. The van der Waals surface area contributed by atoms with Crippen molar-refractivity contribution >= 4 is 38.3 Å². The van der Waals surface area contributed by atoms with Crippen molar-refractivity contribution < 1.29 is 31.5 Å². The zero-order valence-corrected chi connectivity index (χ0v) is 23.9. The number of amides is 1. The molecule has 0 bridgehead atoms. The first-order valence-electron chi connectivity index (χ1n) is 13.9. The maximum Gasteiger partial charge on any atom is 0.251 e. The molecule has 1 saturated carbocycles. The van der Waals surface area contributed by atoms with Gasteiger partial charge in [-0.05, 0) is 54.8 Å². The van der Waals surface area contributed by atoms with E-state index in [-0.39, 0.29) is 17.7 Å². The molecule has 2 aliphatic heterocycles. The van der Waals surface area contributed by atoms with E-state index in [2.05, 4.69) is 17.2 Å². The fourth-order valence-corrected chi connectivity index (χ4v) is 6.80. The minimum atomic E-state index is -4.51. The smallest absolute Gasteiger partial charge is 0.251 e.